The molecule has 1 aliphatic heterocycles. The van der Waals surface area contributed by atoms with Gasteiger partial charge in [-0.2, -0.15) is 0 Å². The number of benzene rings is 2. The van der Waals surface area contributed by atoms with Crippen molar-refractivity contribution in [1.29, 1.82) is 0 Å². The predicted molar refractivity (Wildman–Crippen MR) is 110 cm³/mol. The standard InChI is InChI=1S/C22H26N2O5/c1-27-18-11-16(12-19(28-2)22(18)29-3)13-20(25)23-14-15-6-8-17(9-7-15)24-10-4-5-21(24)26/h6-9,11-12H,4-5,10,13-14H2,1-3H3,(H,23,25). The Hall–Kier alpha value is -3.22. The summed E-state index contributed by atoms with van der Waals surface area (Å²) >= 11 is 0. The first-order valence-corrected chi connectivity index (χ1v) is 9.50. The van der Waals surface area contributed by atoms with Crippen LogP contribution in [0.15, 0.2) is 36.4 Å². The predicted octanol–water partition coefficient (Wildman–Crippen LogP) is 2.70. The van der Waals surface area contributed by atoms with Gasteiger partial charge in [0.2, 0.25) is 17.6 Å². The Morgan fingerprint density at radius 2 is 1.66 bits per heavy atom. The van der Waals surface area contributed by atoms with E-state index in [1.54, 1.807) is 31.3 Å². The van der Waals surface area contributed by atoms with E-state index >= 15 is 0 Å². The summed E-state index contributed by atoms with van der Waals surface area (Å²) < 4.78 is 16.0. The Morgan fingerprint density at radius 3 is 2.17 bits per heavy atom. The first kappa shape index (κ1) is 20.5. The minimum atomic E-state index is -0.113. The van der Waals surface area contributed by atoms with Gasteiger partial charge in [-0.25, -0.2) is 0 Å². The first-order chi connectivity index (χ1) is 14.0. The summed E-state index contributed by atoms with van der Waals surface area (Å²) in [5.74, 6) is 1.58. The maximum absolute atomic E-state index is 12.4. The van der Waals surface area contributed by atoms with E-state index in [0.29, 0.717) is 30.2 Å². The van der Waals surface area contributed by atoms with Gasteiger partial charge in [-0.1, -0.05) is 12.1 Å². The molecule has 2 amide bonds. The average Bonchev–Trinajstić information content (AvgIpc) is 3.17. The van der Waals surface area contributed by atoms with Crippen molar-refractivity contribution in [2.75, 3.05) is 32.8 Å². The maximum Gasteiger partial charge on any atom is 0.227 e. The Bertz CT molecular complexity index is 854. The monoisotopic (exact) mass is 398 g/mol. The highest BCUT2D eigenvalue weighted by Gasteiger charge is 2.21. The van der Waals surface area contributed by atoms with Gasteiger partial charge in [0.15, 0.2) is 11.5 Å². The third-order valence-electron chi connectivity index (χ3n) is 4.90. The van der Waals surface area contributed by atoms with Gasteiger partial charge in [0.05, 0.1) is 27.8 Å². The Kier molecular flexibility index (Phi) is 6.59. The summed E-state index contributed by atoms with van der Waals surface area (Å²) in [6.07, 6.45) is 1.70. The van der Waals surface area contributed by atoms with Gasteiger partial charge in [-0.05, 0) is 41.8 Å². The molecule has 2 aromatic carbocycles. The zero-order valence-electron chi connectivity index (χ0n) is 17.0. The lowest BCUT2D eigenvalue weighted by Crippen LogP contribution is -2.25. The van der Waals surface area contributed by atoms with Gasteiger partial charge in [0, 0.05) is 25.2 Å². The lowest BCUT2D eigenvalue weighted by molar-refractivity contribution is -0.120. The molecular weight excluding hydrogens is 372 g/mol. The summed E-state index contributed by atoms with van der Waals surface area (Å²) in [7, 11) is 4.62. The zero-order chi connectivity index (χ0) is 20.8. The number of carbonyl (C=O) groups excluding carboxylic acids is 2. The molecule has 154 valence electrons. The number of rotatable bonds is 8. The van der Waals surface area contributed by atoms with Crippen molar-refractivity contribution >= 4 is 17.5 Å². The van der Waals surface area contributed by atoms with Crippen LogP contribution in [0.3, 0.4) is 0 Å². The molecule has 1 saturated heterocycles. The number of amides is 2. The van der Waals surface area contributed by atoms with Gasteiger partial charge < -0.3 is 24.4 Å². The fraction of sp³-hybridized carbons (Fsp3) is 0.364. The van der Waals surface area contributed by atoms with Crippen LogP contribution in [0.4, 0.5) is 5.69 Å². The number of ether oxygens (including phenoxy) is 3. The highest BCUT2D eigenvalue weighted by atomic mass is 16.5. The average molecular weight is 398 g/mol. The van der Waals surface area contributed by atoms with E-state index in [9.17, 15) is 9.59 Å². The second-order valence-electron chi connectivity index (χ2n) is 6.80. The number of methoxy groups -OCH3 is 3. The van der Waals surface area contributed by atoms with Crippen LogP contribution in [0, 0.1) is 0 Å². The van der Waals surface area contributed by atoms with Crippen LogP contribution >= 0.6 is 0 Å². The van der Waals surface area contributed by atoms with E-state index in [2.05, 4.69) is 5.32 Å². The molecule has 1 fully saturated rings. The number of hydrogen-bond acceptors (Lipinski definition) is 5. The van der Waals surface area contributed by atoms with Crippen molar-refractivity contribution in [1.82, 2.24) is 5.32 Å². The number of nitrogens with zero attached hydrogens (tertiary/aromatic N) is 1. The molecule has 0 saturated carbocycles. The van der Waals surface area contributed by atoms with Crippen LogP contribution in [0.1, 0.15) is 24.0 Å². The summed E-state index contributed by atoms with van der Waals surface area (Å²) in [6.45, 7) is 1.18. The molecule has 0 unspecified atom stereocenters. The second-order valence-corrected chi connectivity index (χ2v) is 6.80. The first-order valence-electron chi connectivity index (χ1n) is 9.50. The molecule has 7 heteroatoms. The van der Waals surface area contributed by atoms with Crippen molar-refractivity contribution in [2.24, 2.45) is 0 Å². The van der Waals surface area contributed by atoms with Crippen molar-refractivity contribution < 1.29 is 23.8 Å². The molecule has 0 spiro atoms. The van der Waals surface area contributed by atoms with Crippen molar-refractivity contribution in [2.45, 2.75) is 25.8 Å². The summed E-state index contributed by atoms with van der Waals surface area (Å²) in [6, 6.07) is 11.2. The molecule has 1 N–H and O–H groups in total. The van der Waals surface area contributed by atoms with E-state index in [1.165, 1.54) is 7.11 Å². The molecule has 7 nitrogen and oxygen atoms in total. The van der Waals surface area contributed by atoms with Gasteiger partial charge >= 0.3 is 0 Å². The van der Waals surface area contributed by atoms with Crippen LogP contribution in [-0.2, 0) is 22.6 Å². The normalized spacial score (nSPS) is 13.3. The van der Waals surface area contributed by atoms with Crippen molar-refractivity contribution in [3.63, 3.8) is 0 Å². The largest absolute Gasteiger partial charge is 0.493 e. The topological polar surface area (TPSA) is 77.1 Å². The van der Waals surface area contributed by atoms with Crippen LogP contribution in [0.5, 0.6) is 17.2 Å². The molecule has 0 aliphatic carbocycles. The molecule has 0 radical (unpaired) electrons. The third kappa shape index (κ3) is 4.80. The van der Waals surface area contributed by atoms with Gasteiger partial charge in [-0.15, -0.1) is 0 Å². The molecule has 29 heavy (non-hydrogen) atoms. The van der Waals surface area contributed by atoms with Crippen LogP contribution in [0.2, 0.25) is 0 Å². The van der Waals surface area contributed by atoms with Gasteiger partial charge in [-0.3, -0.25) is 9.59 Å². The minimum absolute atomic E-state index is 0.113. The zero-order valence-corrected chi connectivity index (χ0v) is 17.0. The highest BCUT2D eigenvalue weighted by molar-refractivity contribution is 5.95. The molecule has 3 rings (SSSR count). The molecular formula is C22H26N2O5. The SMILES string of the molecule is COc1cc(CC(=O)NCc2ccc(N3CCCC3=O)cc2)cc(OC)c1OC. The lowest BCUT2D eigenvalue weighted by Gasteiger charge is -2.16. The van der Waals surface area contributed by atoms with Crippen molar-refractivity contribution in [3.05, 3.63) is 47.5 Å². The Labute approximate surface area is 170 Å². The van der Waals surface area contributed by atoms with E-state index in [1.807, 2.05) is 24.3 Å². The van der Waals surface area contributed by atoms with E-state index in [0.717, 1.165) is 29.8 Å². The molecule has 1 aliphatic rings. The lowest BCUT2D eigenvalue weighted by atomic mass is 10.1. The number of anilines is 1. The van der Waals surface area contributed by atoms with Crippen LogP contribution in [0.25, 0.3) is 0 Å². The maximum atomic E-state index is 12.4. The van der Waals surface area contributed by atoms with E-state index in [-0.39, 0.29) is 18.2 Å². The van der Waals surface area contributed by atoms with Crippen LogP contribution < -0.4 is 24.4 Å². The van der Waals surface area contributed by atoms with E-state index < -0.39 is 0 Å². The minimum Gasteiger partial charge on any atom is -0.493 e. The van der Waals surface area contributed by atoms with Crippen molar-refractivity contribution in [3.8, 4) is 17.2 Å². The molecule has 0 atom stereocenters. The highest BCUT2D eigenvalue weighted by Crippen LogP contribution is 2.38. The quantitative estimate of drug-likeness (QED) is 0.740. The Morgan fingerprint density at radius 1 is 1.00 bits per heavy atom. The van der Waals surface area contributed by atoms with Gasteiger partial charge in [0.25, 0.3) is 0 Å². The summed E-state index contributed by atoms with van der Waals surface area (Å²) in [5, 5.41) is 2.92. The summed E-state index contributed by atoms with van der Waals surface area (Å²) in [4.78, 5) is 26.0. The third-order valence-corrected chi connectivity index (χ3v) is 4.90. The van der Waals surface area contributed by atoms with E-state index in [4.69, 9.17) is 14.2 Å². The fourth-order valence-electron chi connectivity index (χ4n) is 3.40. The number of nitrogens with one attached hydrogen (secondary N) is 1. The van der Waals surface area contributed by atoms with Crippen LogP contribution in [-0.4, -0.2) is 39.7 Å². The number of carbonyl (C=O) groups is 2. The molecule has 2 aromatic rings. The fourth-order valence-corrected chi connectivity index (χ4v) is 3.40. The number of hydrogen-bond donors (Lipinski definition) is 1. The molecule has 0 bridgehead atoms. The second kappa shape index (κ2) is 9.32. The molecule has 1 heterocycles. The molecule has 0 aromatic heterocycles. The smallest absolute Gasteiger partial charge is 0.227 e. The summed E-state index contributed by atoms with van der Waals surface area (Å²) in [5.41, 5.74) is 2.64. The van der Waals surface area contributed by atoms with Gasteiger partial charge in [0.1, 0.15) is 0 Å². The Balaban J connectivity index is 1.59.